The molecule has 0 aromatic heterocycles. The zero-order valence-corrected chi connectivity index (χ0v) is 20.4. The van der Waals surface area contributed by atoms with E-state index >= 15 is 0 Å². The number of likely N-dealkylation sites (tertiary alicyclic amines) is 1. The monoisotopic (exact) mass is 487 g/mol. The van der Waals surface area contributed by atoms with E-state index in [0.717, 1.165) is 43.1 Å². The van der Waals surface area contributed by atoms with Gasteiger partial charge < -0.3 is 25.0 Å². The van der Waals surface area contributed by atoms with Crippen molar-refractivity contribution in [3.63, 3.8) is 0 Å². The Morgan fingerprint density at radius 3 is 1.92 bits per heavy atom. The Kier molecular flexibility index (Phi) is 9.19. The highest BCUT2D eigenvalue weighted by atomic mass is 16.5. The number of ether oxygens (including phenoxy) is 2. The number of para-hydroxylation sites is 1. The third-order valence-corrected chi connectivity index (χ3v) is 5.98. The first-order valence-electron chi connectivity index (χ1n) is 12.5. The summed E-state index contributed by atoms with van der Waals surface area (Å²) in [5, 5.41) is 5.97. The highest BCUT2D eigenvalue weighted by molar-refractivity contribution is 5.96. The van der Waals surface area contributed by atoms with Crippen LogP contribution in [0, 0.1) is 0 Å². The van der Waals surface area contributed by atoms with Gasteiger partial charge in [-0.1, -0.05) is 31.0 Å². The first kappa shape index (κ1) is 25.1. The van der Waals surface area contributed by atoms with E-state index in [2.05, 4.69) is 10.6 Å². The van der Waals surface area contributed by atoms with Gasteiger partial charge in [0.25, 0.3) is 5.91 Å². The summed E-state index contributed by atoms with van der Waals surface area (Å²) in [5.41, 5.74) is 2.13. The lowest BCUT2D eigenvalue weighted by molar-refractivity contribution is -0.114. The van der Waals surface area contributed by atoms with Gasteiger partial charge in [-0.05, 0) is 73.5 Å². The number of rotatable bonds is 10. The van der Waals surface area contributed by atoms with Crippen LogP contribution in [0.25, 0.3) is 0 Å². The Labute approximate surface area is 212 Å². The predicted octanol–water partition coefficient (Wildman–Crippen LogP) is 5.21. The molecule has 36 heavy (non-hydrogen) atoms. The first-order valence-corrected chi connectivity index (χ1v) is 12.5. The van der Waals surface area contributed by atoms with Gasteiger partial charge in [0.15, 0.2) is 0 Å². The van der Waals surface area contributed by atoms with E-state index in [1.807, 2.05) is 59.5 Å². The number of nitrogens with one attached hydrogen (secondary N) is 2. The number of hydrogen-bond acceptors (Lipinski definition) is 5. The second-order valence-corrected chi connectivity index (χ2v) is 8.72. The molecular formula is C29H33N3O4. The number of amides is 2. The minimum Gasteiger partial charge on any atom is -0.490 e. The molecule has 0 spiro atoms. The van der Waals surface area contributed by atoms with Gasteiger partial charge in [0.2, 0.25) is 5.91 Å². The molecule has 1 fully saturated rings. The molecular weight excluding hydrogens is 454 g/mol. The zero-order valence-electron chi connectivity index (χ0n) is 20.4. The SMILES string of the molecule is O=C(CNc1ccc(OCCOc2ccccc2)cc1)Nc1ccc(C(=O)N2CCCCCC2)cc1. The second-order valence-electron chi connectivity index (χ2n) is 8.72. The second kappa shape index (κ2) is 13.2. The normalized spacial score (nSPS) is 13.4. The average molecular weight is 488 g/mol. The van der Waals surface area contributed by atoms with Gasteiger partial charge >= 0.3 is 0 Å². The van der Waals surface area contributed by atoms with Crippen LogP contribution in [0.3, 0.4) is 0 Å². The molecule has 4 rings (SSSR count). The molecule has 2 N–H and O–H groups in total. The minimum atomic E-state index is -0.167. The molecule has 0 unspecified atom stereocenters. The Hall–Kier alpha value is -4.00. The average Bonchev–Trinajstić information content (AvgIpc) is 3.21. The summed E-state index contributed by atoms with van der Waals surface area (Å²) in [6, 6.07) is 24.2. The van der Waals surface area contributed by atoms with Crippen LogP contribution in [0.15, 0.2) is 78.9 Å². The van der Waals surface area contributed by atoms with Crippen LogP contribution in [-0.4, -0.2) is 49.6 Å². The molecule has 3 aromatic rings. The third kappa shape index (κ3) is 7.77. The van der Waals surface area contributed by atoms with Gasteiger partial charge in [0, 0.05) is 30.0 Å². The van der Waals surface area contributed by atoms with Crippen molar-refractivity contribution in [2.24, 2.45) is 0 Å². The molecule has 0 aliphatic carbocycles. The molecule has 1 aliphatic rings. The molecule has 0 radical (unpaired) electrons. The molecule has 188 valence electrons. The van der Waals surface area contributed by atoms with Crippen LogP contribution in [-0.2, 0) is 4.79 Å². The number of nitrogens with zero attached hydrogens (tertiary/aromatic N) is 1. The highest BCUT2D eigenvalue weighted by Crippen LogP contribution is 2.17. The van der Waals surface area contributed by atoms with E-state index in [-0.39, 0.29) is 18.4 Å². The Balaban J connectivity index is 1.16. The maximum Gasteiger partial charge on any atom is 0.253 e. The molecule has 7 heteroatoms. The van der Waals surface area contributed by atoms with Crippen molar-refractivity contribution >= 4 is 23.2 Å². The predicted molar refractivity (Wildman–Crippen MR) is 142 cm³/mol. The summed E-state index contributed by atoms with van der Waals surface area (Å²) in [6.07, 6.45) is 4.50. The van der Waals surface area contributed by atoms with Gasteiger partial charge in [-0.2, -0.15) is 0 Å². The maximum atomic E-state index is 12.7. The number of carbonyl (C=O) groups is 2. The smallest absolute Gasteiger partial charge is 0.253 e. The van der Waals surface area contributed by atoms with E-state index in [1.165, 1.54) is 12.8 Å². The molecule has 1 aliphatic heterocycles. The largest absolute Gasteiger partial charge is 0.490 e. The van der Waals surface area contributed by atoms with Crippen molar-refractivity contribution in [3.05, 3.63) is 84.4 Å². The quantitative estimate of drug-likeness (QED) is 0.384. The third-order valence-electron chi connectivity index (χ3n) is 5.98. The van der Waals surface area contributed by atoms with Gasteiger partial charge in [0.1, 0.15) is 24.7 Å². The highest BCUT2D eigenvalue weighted by Gasteiger charge is 2.17. The van der Waals surface area contributed by atoms with Crippen LogP contribution in [0.4, 0.5) is 11.4 Å². The fourth-order valence-electron chi connectivity index (χ4n) is 4.04. The van der Waals surface area contributed by atoms with Crippen LogP contribution in [0.2, 0.25) is 0 Å². The minimum absolute atomic E-state index is 0.0626. The van der Waals surface area contributed by atoms with Crippen molar-refractivity contribution < 1.29 is 19.1 Å². The lowest BCUT2D eigenvalue weighted by Crippen LogP contribution is -2.31. The van der Waals surface area contributed by atoms with Gasteiger partial charge in [-0.25, -0.2) is 0 Å². The van der Waals surface area contributed by atoms with E-state index in [0.29, 0.717) is 24.5 Å². The lowest BCUT2D eigenvalue weighted by atomic mass is 10.1. The summed E-state index contributed by atoms with van der Waals surface area (Å²) in [4.78, 5) is 27.0. The molecule has 0 bridgehead atoms. The summed E-state index contributed by atoms with van der Waals surface area (Å²) in [5.74, 6) is 1.44. The number of benzene rings is 3. The zero-order chi connectivity index (χ0) is 25.0. The number of hydrogen-bond donors (Lipinski definition) is 2. The van der Waals surface area contributed by atoms with Gasteiger partial charge in [-0.3, -0.25) is 9.59 Å². The van der Waals surface area contributed by atoms with Crippen LogP contribution < -0.4 is 20.1 Å². The Morgan fingerprint density at radius 1 is 0.694 bits per heavy atom. The van der Waals surface area contributed by atoms with Crippen molar-refractivity contribution in [3.8, 4) is 11.5 Å². The van der Waals surface area contributed by atoms with Gasteiger partial charge in [-0.15, -0.1) is 0 Å². The van der Waals surface area contributed by atoms with Crippen LogP contribution in [0.1, 0.15) is 36.0 Å². The molecule has 0 saturated carbocycles. The maximum absolute atomic E-state index is 12.7. The molecule has 3 aromatic carbocycles. The standard InChI is InChI=1S/C29H33N3O4/c33-28(31-25-12-10-23(11-13-25)29(34)32-18-6-1-2-7-19-32)22-30-24-14-16-27(17-15-24)36-21-20-35-26-8-4-3-5-9-26/h3-5,8-17,30H,1-2,6-7,18-22H2,(H,31,33). The van der Waals surface area contributed by atoms with Crippen LogP contribution in [0.5, 0.6) is 11.5 Å². The number of anilines is 2. The van der Waals surface area contributed by atoms with E-state index < -0.39 is 0 Å². The molecule has 1 saturated heterocycles. The molecule has 1 heterocycles. The lowest BCUT2D eigenvalue weighted by Gasteiger charge is -2.20. The van der Waals surface area contributed by atoms with E-state index in [4.69, 9.17) is 9.47 Å². The van der Waals surface area contributed by atoms with E-state index in [9.17, 15) is 9.59 Å². The van der Waals surface area contributed by atoms with Crippen molar-refractivity contribution in [2.45, 2.75) is 25.7 Å². The topological polar surface area (TPSA) is 79.9 Å². The van der Waals surface area contributed by atoms with E-state index in [1.54, 1.807) is 24.3 Å². The molecule has 2 amide bonds. The Bertz CT molecular complexity index is 1090. The van der Waals surface area contributed by atoms with Crippen molar-refractivity contribution in [1.82, 2.24) is 4.90 Å². The van der Waals surface area contributed by atoms with Crippen molar-refractivity contribution in [2.75, 3.05) is 43.5 Å². The van der Waals surface area contributed by atoms with Gasteiger partial charge in [0.05, 0.1) is 6.54 Å². The van der Waals surface area contributed by atoms with Crippen LogP contribution >= 0.6 is 0 Å². The van der Waals surface area contributed by atoms with Crippen molar-refractivity contribution in [1.29, 1.82) is 0 Å². The fourth-order valence-corrected chi connectivity index (χ4v) is 4.04. The summed E-state index contributed by atoms with van der Waals surface area (Å²) < 4.78 is 11.3. The Morgan fingerprint density at radius 2 is 1.28 bits per heavy atom. The first-order chi connectivity index (χ1) is 17.7. The number of carbonyl (C=O) groups excluding carboxylic acids is 2. The summed E-state index contributed by atoms with van der Waals surface area (Å²) in [6.45, 7) is 2.65. The fraction of sp³-hybridized carbons (Fsp3) is 0.310. The molecule has 7 nitrogen and oxygen atoms in total. The summed E-state index contributed by atoms with van der Waals surface area (Å²) in [7, 11) is 0. The molecule has 0 atom stereocenters. The summed E-state index contributed by atoms with van der Waals surface area (Å²) >= 11 is 0.